The van der Waals surface area contributed by atoms with Crippen molar-refractivity contribution >= 4 is 5.95 Å². The third kappa shape index (κ3) is 1.32. The van der Waals surface area contributed by atoms with E-state index in [-0.39, 0.29) is 6.04 Å². The second kappa shape index (κ2) is 2.87. The zero-order valence-corrected chi connectivity index (χ0v) is 7.00. The highest BCUT2D eigenvalue weighted by Gasteiger charge is 2.09. The lowest BCUT2D eigenvalue weighted by Crippen LogP contribution is -2.12. The van der Waals surface area contributed by atoms with Crippen LogP contribution in [0.25, 0.3) is 0 Å². The molecule has 0 radical (unpaired) electrons. The fourth-order valence-corrected chi connectivity index (χ4v) is 0.955. The summed E-state index contributed by atoms with van der Waals surface area (Å²) < 4.78 is 1.84. The Morgan fingerprint density at radius 3 is 2.45 bits per heavy atom. The van der Waals surface area contributed by atoms with Crippen molar-refractivity contribution in [2.45, 2.75) is 13.0 Å². The van der Waals surface area contributed by atoms with Crippen molar-refractivity contribution in [2.75, 3.05) is 12.4 Å². The van der Waals surface area contributed by atoms with Crippen molar-refractivity contribution in [3.8, 4) is 0 Å². The molecule has 1 rings (SSSR count). The lowest BCUT2D eigenvalue weighted by atomic mass is 10.3. The molecule has 1 aromatic heterocycles. The van der Waals surface area contributed by atoms with Crippen molar-refractivity contribution < 1.29 is 0 Å². The van der Waals surface area contributed by atoms with Crippen LogP contribution in [-0.4, -0.2) is 21.8 Å². The normalized spacial score (nSPS) is 13.1. The van der Waals surface area contributed by atoms with Crippen molar-refractivity contribution in [3.05, 3.63) is 5.82 Å². The van der Waals surface area contributed by atoms with Crippen molar-refractivity contribution in [1.82, 2.24) is 14.8 Å². The van der Waals surface area contributed by atoms with E-state index in [0.29, 0.717) is 0 Å². The van der Waals surface area contributed by atoms with Gasteiger partial charge in [-0.05, 0) is 6.92 Å². The molecule has 5 heteroatoms. The van der Waals surface area contributed by atoms with Crippen LogP contribution >= 0.6 is 0 Å². The molecule has 1 aromatic rings. The Hall–Kier alpha value is -1.10. The predicted octanol–water partition coefficient (Wildman–Crippen LogP) is -0.124. The fraction of sp³-hybridized carbons (Fsp3) is 0.667. The highest BCUT2D eigenvalue weighted by atomic mass is 15.3. The molecule has 1 atom stereocenters. The standard InChI is InChI=1S/C6H13N5/c1-4(7)5-9-10-6(8-2)11(5)3/h4H,7H2,1-3H3,(H,8,10)/t4-/m1/s1. The van der Waals surface area contributed by atoms with Crippen molar-refractivity contribution in [2.24, 2.45) is 12.8 Å². The number of anilines is 1. The highest BCUT2D eigenvalue weighted by Crippen LogP contribution is 2.09. The Morgan fingerprint density at radius 1 is 1.55 bits per heavy atom. The minimum Gasteiger partial charge on any atom is -0.357 e. The maximum absolute atomic E-state index is 5.63. The maximum Gasteiger partial charge on any atom is 0.224 e. The number of nitrogens with one attached hydrogen (secondary N) is 1. The molecular formula is C6H13N5. The first kappa shape index (κ1) is 8.00. The van der Waals surface area contributed by atoms with E-state index >= 15 is 0 Å². The molecule has 0 saturated carbocycles. The van der Waals surface area contributed by atoms with Crippen LogP contribution in [0.5, 0.6) is 0 Å². The third-order valence-corrected chi connectivity index (χ3v) is 1.54. The number of aromatic nitrogens is 3. The second-order valence-corrected chi connectivity index (χ2v) is 2.48. The van der Waals surface area contributed by atoms with Crippen LogP contribution in [0.3, 0.4) is 0 Å². The molecular weight excluding hydrogens is 142 g/mol. The molecule has 1 heterocycles. The summed E-state index contributed by atoms with van der Waals surface area (Å²) in [7, 11) is 3.68. The predicted molar refractivity (Wildman–Crippen MR) is 43.2 cm³/mol. The van der Waals surface area contributed by atoms with Gasteiger partial charge >= 0.3 is 0 Å². The van der Waals surface area contributed by atoms with E-state index in [2.05, 4.69) is 15.5 Å². The zero-order chi connectivity index (χ0) is 8.43. The summed E-state index contributed by atoms with van der Waals surface area (Å²) in [6, 6.07) is -0.0744. The molecule has 0 spiro atoms. The van der Waals surface area contributed by atoms with Crippen LogP contribution in [0.2, 0.25) is 0 Å². The van der Waals surface area contributed by atoms with E-state index in [4.69, 9.17) is 5.73 Å². The summed E-state index contributed by atoms with van der Waals surface area (Å²) in [5, 5.41) is 10.7. The van der Waals surface area contributed by atoms with E-state index < -0.39 is 0 Å². The summed E-state index contributed by atoms with van der Waals surface area (Å²) in [5.74, 6) is 1.52. The summed E-state index contributed by atoms with van der Waals surface area (Å²) in [6.07, 6.45) is 0. The third-order valence-electron chi connectivity index (χ3n) is 1.54. The Bertz CT molecular complexity index is 239. The Balaban J connectivity index is 3.00. The molecule has 0 aliphatic carbocycles. The first-order valence-electron chi connectivity index (χ1n) is 3.49. The summed E-state index contributed by atoms with van der Waals surface area (Å²) in [4.78, 5) is 0. The molecule has 5 nitrogen and oxygen atoms in total. The Morgan fingerprint density at radius 2 is 2.18 bits per heavy atom. The molecule has 11 heavy (non-hydrogen) atoms. The quantitative estimate of drug-likeness (QED) is 0.624. The Labute approximate surface area is 65.6 Å². The average molecular weight is 155 g/mol. The first-order chi connectivity index (χ1) is 5.16. The van der Waals surface area contributed by atoms with E-state index in [0.717, 1.165) is 11.8 Å². The fourth-order valence-electron chi connectivity index (χ4n) is 0.955. The van der Waals surface area contributed by atoms with E-state index in [1.807, 2.05) is 18.5 Å². The van der Waals surface area contributed by atoms with Gasteiger partial charge in [-0.25, -0.2) is 0 Å². The number of nitrogens with two attached hydrogens (primary N) is 1. The Kier molecular flexibility index (Phi) is 2.09. The summed E-state index contributed by atoms with van der Waals surface area (Å²) in [6.45, 7) is 1.88. The average Bonchev–Trinajstić information content (AvgIpc) is 2.30. The molecule has 0 amide bonds. The van der Waals surface area contributed by atoms with E-state index in [1.165, 1.54) is 0 Å². The highest BCUT2D eigenvalue weighted by molar-refractivity contribution is 5.24. The van der Waals surface area contributed by atoms with Gasteiger partial charge in [0.15, 0.2) is 5.82 Å². The molecule has 62 valence electrons. The largest absolute Gasteiger partial charge is 0.357 e. The van der Waals surface area contributed by atoms with Crippen LogP contribution in [0.1, 0.15) is 18.8 Å². The van der Waals surface area contributed by atoms with Crippen molar-refractivity contribution in [3.63, 3.8) is 0 Å². The number of hydrogen-bond donors (Lipinski definition) is 2. The molecule has 0 fully saturated rings. The van der Waals surface area contributed by atoms with Gasteiger partial charge in [-0.3, -0.25) is 4.57 Å². The molecule has 0 unspecified atom stereocenters. The molecule has 0 bridgehead atoms. The van der Waals surface area contributed by atoms with Crippen molar-refractivity contribution in [1.29, 1.82) is 0 Å². The first-order valence-corrected chi connectivity index (χ1v) is 3.49. The summed E-state index contributed by atoms with van der Waals surface area (Å²) in [5.41, 5.74) is 5.63. The SMILES string of the molecule is CNc1nnc([C@@H](C)N)n1C. The van der Waals surface area contributed by atoms with Gasteiger partial charge in [0, 0.05) is 14.1 Å². The zero-order valence-electron chi connectivity index (χ0n) is 7.00. The van der Waals surface area contributed by atoms with Crippen LogP contribution in [0.4, 0.5) is 5.95 Å². The maximum atomic E-state index is 5.63. The van der Waals surface area contributed by atoms with E-state index in [1.54, 1.807) is 7.05 Å². The monoisotopic (exact) mass is 155 g/mol. The van der Waals surface area contributed by atoms with Crippen LogP contribution < -0.4 is 11.1 Å². The summed E-state index contributed by atoms with van der Waals surface area (Å²) >= 11 is 0. The van der Waals surface area contributed by atoms with Crippen LogP contribution in [0, 0.1) is 0 Å². The van der Waals surface area contributed by atoms with Crippen LogP contribution in [-0.2, 0) is 7.05 Å². The van der Waals surface area contributed by atoms with Gasteiger partial charge in [0.2, 0.25) is 5.95 Å². The smallest absolute Gasteiger partial charge is 0.224 e. The molecule has 0 aliphatic rings. The number of rotatable bonds is 2. The number of nitrogens with zero attached hydrogens (tertiary/aromatic N) is 3. The molecule has 0 aromatic carbocycles. The molecule has 0 saturated heterocycles. The lowest BCUT2D eigenvalue weighted by molar-refractivity contribution is 0.686. The lowest BCUT2D eigenvalue weighted by Gasteiger charge is -2.04. The topological polar surface area (TPSA) is 68.8 Å². The van der Waals surface area contributed by atoms with Gasteiger partial charge in [0.1, 0.15) is 0 Å². The van der Waals surface area contributed by atoms with Gasteiger partial charge in [-0.2, -0.15) is 0 Å². The van der Waals surface area contributed by atoms with Gasteiger partial charge in [-0.15, -0.1) is 10.2 Å². The van der Waals surface area contributed by atoms with Gasteiger partial charge in [0.25, 0.3) is 0 Å². The van der Waals surface area contributed by atoms with Gasteiger partial charge in [0.05, 0.1) is 6.04 Å². The molecule has 0 aliphatic heterocycles. The minimum atomic E-state index is -0.0744. The van der Waals surface area contributed by atoms with Gasteiger partial charge in [-0.1, -0.05) is 0 Å². The molecule has 3 N–H and O–H groups in total. The minimum absolute atomic E-state index is 0.0744. The number of hydrogen-bond acceptors (Lipinski definition) is 4. The van der Waals surface area contributed by atoms with Gasteiger partial charge < -0.3 is 11.1 Å². The van der Waals surface area contributed by atoms with E-state index in [9.17, 15) is 0 Å². The van der Waals surface area contributed by atoms with Crippen LogP contribution in [0.15, 0.2) is 0 Å². The second-order valence-electron chi connectivity index (χ2n) is 2.48.